The summed E-state index contributed by atoms with van der Waals surface area (Å²) in [6.07, 6.45) is 3.89. The smallest absolute Gasteiger partial charge is 0.247 e. The van der Waals surface area contributed by atoms with E-state index in [9.17, 15) is 18.0 Å². The summed E-state index contributed by atoms with van der Waals surface area (Å²) in [5.41, 5.74) is 1.06. The lowest BCUT2D eigenvalue weighted by Crippen LogP contribution is -2.70. The molecule has 33 heavy (non-hydrogen) atoms. The molecule has 0 aromatic heterocycles. The Morgan fingerprint density at radius 1 is 1.06 bits per heavy atom. The van der Waals surface area contributed by atoms with Gasteiger partial charge in [0.05, 0.1) is 11.4 Å². The number of benzene rings is 2. The predicted molar refractivity (Wildman–Crippen MR) is 127 cm³/mol. The van der Waals surface area contributed by atoms with E-state index >= 15 is 0 Å². The second-order valence-corrected chi connectivity index (χ2v) is 11.3. The van der Waals surface area contributed by atoms with Crippen molar-refractivity contribution in [2.45, 2.75) is 62.9 Å². The van der Waals surface area contributed by atoms with E-state index in [2.05, 4.69) is 5.32 Å². The maximum atomic E-state index is 13.7. The fraction of sp³-hybridized carbons (Fsp3) is 0.440. The summed E-state index contributed by atoms with van der Waals surface area (Å²) in [5.74, 6) is -0.741. The highest BCUT2D eigenvalue weighted by molar-refractivity contribution is 7.89. The number of hydrogen-bond acceptors (Lipinski definition) is 4. The van der Waals surface area contributed by atoms with Gasteiger partial charge in [-0.3, -0.25) is 14.5 Å². The van der Waals surface area contributed by atoms with Crippen LogP contribution in [0.5, 0.6) is 0 Å². The number of sulfonamides is 1. The number of piperazine rings is 1. The molecule has 0 radical (unpaired) electrons. The summed E-state index contributed by atoms with van der Waals surface area (Å²) in [6.45, 7) is 5.05. The van der Waals surface area contributed by atoms with Crippen molar-refractivity contribution < 1.29 is 18.0 Å². The Labute approximate surface area is 195 Å². The van der Waals surface area contributed by atoms with Gasteiger partial charge in [-0.1, -0.05) is 43.2 Å². The Morgan fingerprint density at radius 3 is 2.39 bits per heavy atom. The molecule has 1 heterocycles. The average molecular weight is 470 g/mol. The molecule has 1 saturated heterocycles. The molecular weight excluding hydrogens is 438 g/mol. The minimum atomic E-state index is -3.94. The van der Waals surface area contributed by atoms with Gasteiger partial charge in [-0.15, -0.1) is 0 Å². The first-order chi connectivity index (χ1) is 15.6. The van der Waals surface area contributed by atoms with Crippen LogP contribution in [0.4, 0.5) is 5.69 Å². The lowest BCUT2D eigenvalue weighted by molar-refractivity contribution is -0.133. The number of hydrogen-bond donors (Lipinski definition) is 1. The van der Waals surface area contributed by atoms with E-state index in [1.807, 2.05) is 32.0 Å². The van der Waals surface area contributed by atoms with Crippen LogP contribution in [0, 0.1) is 13.8 Å². The quantitative estimate of drug-likeness (QED) is 0.729. The lowest BCUT2D eigenvalue weighted by Gasteiger charge is -2.47. The summed E-state index contributed by atoms with van der Waals surface area (Å²) in [7, 11) is -3.94. The standard InChI is InChI=1S/C25H31N3O4S/c1-18-13-14-19(2)22(15-18)28-23(29)16-27(33(31,32)21-11-5-4-6-12-21)17-25(28,3)24(30)26-20-9-7-8-10-20/h4-6,11-15,20H,7-10,16-17H2,1-3H3,(H,26,30)/t25-/m1/s1. The fourth-order valence-electron chi connectivity index (χ4n) is 4.82. The Morgan fingerprint density at radius 2 is 1.73 bits per heavy atom. The largest absolute Gasteiger partial charge is 0.351 e. The average Bonchev–Trinajstić information content (AvgIpc) is 3.29. The number of nitrogens with zero attached hydrogens (tertiary/aromatic N) is 2. The van der Waals surface area contributed by atoms with E-state index in [-0.39, 0.29) is 29.9 Å². The molecule has 0 spiro atoms. The molecule has 2 aliphatic rings. The molecule has 0 bridgehead atoms. The third-order valence-corrected chi connectivity index (χ3v) is 8.51. The monoisotopic (exact) mass is 469 g/mol. The van der Waals surface area contributed by atoms with Crippen LogP contribution < -0.4 is 10.2 Å². The van der Waals surface area contributed by atoms with Crippen LogP contribution in [-0.2, 0) is 19.6 Å². The number of aryl methyl sites for hydroxylation is 2. The van der Waals surface area contributed by atoms with Crippen LogP contribution in [0.25, 0.3) is 0 Å². The van der Waals surface area contributed by atoms with Crippen LogP contribution in [0.2, 0.25) is 0 Å². The molecule has 0 unspecified atom stereocenters. The number of carbonyl (C=O) groups excluding carboxylic acids is 2. The lowest BCUT2D eigenvalue weighted by atomic mass is 9.92. The van der Waals surface area contributed by atoms with Crippen molar-refractivity contribution in [2.24, 2.45) is 0 Å². The Hall–Kier alpha value is -2.71. The van der Waals surface area contributed by atoms with E-state index in [4.69, 9.17) is 0 Å². The molecule has 1 N–H and O–H groups in total. The summed E-state index contributed by atoms with van der Waals surface area (Å²) in [4.78, 5) is 28.8. The van der Waals surface area contributed by atoms with Gasteiger partial charge >= 0.3 is 0 Å². The highest BCUT2D eigenvalue weighted by atomic mass is 32.2. The van der Waals surface area contributed by atoms with Crippen LogP contribution >= 0.6 is 0 Å². The number of rotatable bonds is 5. The van der Waals surface area contributed by atoms with Crippen molar-refractivity contribution in [3.8, 4) is 0 Å². The van der Waals surface area contributed by atoms with Crippen molar-refractivity contribution in [2.75, 3.05) is 18.0 Å². The third-order valence-electron chi connectivity index (χ3n) is 6.70. The Balaban J connectivity index is 1.77. The summed E-state index contributed by atoms with van der Waals surface area (Å²) >= 11 is 0. The van der Waals surface area contributed by atoms with E-state index in [1.165, 1.54) is 17.0 Å². The maximum Gasteiger partial charge on any atom is 0.247 e. The first kappa shape index (κ1) is 23.4. The zero-order chi connectivity index (χ0) is 23.8. The molecule has 1 saturated carbocycles. The summed E-state index contributed by atoms with van der Waals surface area (Å²) in [6, 6.07) is 13.8. The zero-order valence-electron chi connectivity index (χ0n) is 19.4. The highest BCUT2D eigenvalue weighted by Gasteiger charge is 2.51. The molecule has 2 aromatic rings. The van der Waals surface area contributed by atoms with E-state index in [0.29, 0.717) is 5.69 Å². The van der Waals surface area contributed by atoms with E-state index < -0.39 is 21.5 Å². The first-order valence-electron chi connectivity index (χ1n) is 11.4. The van der Waals surface area contributed by atoms with Crippen molar-refractivity contribution in [3.05, 3.63) is 59.7 Å². The van der Waals surface area contributed by atoms with Gasteiger partial charge in [0.25, 0.3) is 0 Å². The van der Waals surface area contributed by atoms with Gasteiger partial charge < -0.3 is 5.32 Å². The van der Waals surface area contributed by atoms with Crippen molar-refractivity contribution in [1.82, 2.24) is 9.62 Å². The van der Waals surface area contributed by atoms with Crippen LogP contribution in [0.15, 0.2) is 53.4 Å². The van der Waals surface area contributed by atoms with Crippen LogP contribution in [0.3, 0.4) is 0 Å². The van der Waals surface area contributed by atoms with Gasteiger partial charge in [0.15, 0.2) is 0 Å². The fourth-order valence-corrected chi connectivity index (χ4v) is 6.32. The van der Waals surface area contributed by atoms with Crippen LogP contribution in [0.1, 0.15) is 43.7 Å². The van der Waals surface area contributed by atoms with Crippen molar-refractivity contribution in [3.63, 3.8) is 0 Å². The predicted octanol–water partition coefficient (Wildman–Crippen LogP) is 3.16. The molecule has 4 rings (SSSR count). The van der Waals surface area contributed by atoms with Gasteiger partial charge in [-0.25, -0.2) is 8.42 Å². The Bertz CT molecular complexity index is 1160. The van der Waals surface area contributed by atoms with Crippen molar-refractivity contribution in [1.29, 1.82) is 0 Å². The number of carbonyl (C=O) groups is 2. The molecule has 1 aliphatic heterocycles. The first-order valence-corrected chi connectivity index (χ1v) is 12.8. The topological polar surface area (TPSA) is 86.8 Å². The SMILES string of the molecule is Cc1ccc(C)c(N2C(=O)CN(S(=O)(=O)c3ccccc3)C[C@]2(C)C(=O)NC2CCCC2)c1. The van der Waals surface area contributed by atoms with E-state index in [1.54, 1.807) is 25.1 Å². The molecule has 1 aliphatic carbocycles. The molecule has 7 nitrogen and oxygen atoms in total. The normalized spacial score (nSPS) is 22.5. The second kappa shape index (κ2) is 8.91. The molecule has 176 valence electrons. The molecular formula is C25H31N3O4S. The maximum absolute atomic E-state index is 13.7. The summed E-state index contributed by atoms with van der Waals surface area (Å²) < 4.78 is 27.9. The summed E-state index contributed by atoms with van der Waals surface area (Å²) in [5, 5.41) is 3.10. The van der Waals surface area contributed by atoms with Gasteiger partial charge in [0, 0.05) is 18.3 Å². The zero-order valence-corrected chi connectivity index (χ0v) is 20.2. The van der Waals surface area contributed by atoms with Crippen LogP contribution in [-0.4, -0.2) is 49.2 Å². The number of nitrogens with one attached hydrogen (secondary N) is 1. The third kappa shape index (κ3) is 4.42. The molecule has 8 heteroatoms. The Kier molecular flexibility index (Phi) is 6.33. The highest BCUT2D eigenvalue weighted by Crippen LogP contribution is 2.35. The number of anilines is 1. The molecule has 1 atom stereocenters. The second-order valence-electron chi connectivity index (χ2n) is 9.33. The minimum absolute atomic E-state index is 0.0472. The van der Waals surface area contributed by atoms with Gasteiger partial charge in [-0.2, -0.15) is 4.31 Å². The minimum Gasteiger partial charge on any atom is -0.351 e. The van der Waals surface area contributed by atoms with Gasteiger partial charge in [-0.05, 0) is 62.9 Å². The molecule has 2 amide bonds. The molecule has 2 fully saturated rings. The number of amides is 2. The van der Waals surface area contributed by atoms with Gasteiger partial charge in [0.1, 0.15) is 5.54 Å². The van der Waals surface area contributed by atoms with Gasteiger partial charge in [0.2, 0.25) is 21.8 Å². The van der Waals surface area contributed by atoms with E-state index in [0.717, 1.165) is 41.1 Å². The van der Waals surface area contributed by atoms with Crippen molar-refractivity contribution >= 4 is 27.5 Å². The molecule has 2 aromatic carbocycles.